The van der Waals surface area contributed by atoms with Crippen molar-refractivity contribution in [1.82, 2.24) is 5.32 Å². The Morgan fingerprint density at radius 2 is 2.33 bits per heavy atom. The molecule has 0 atom stereocenters. The molecule has 1 aliphatic rings. The summed E-state index contributed by atoms with van der Waals surface area (Å²) in [5, 5.41) is 11.3. The van der Waals surface area contributed by atoms with Crippen LogP contribution in [0.2, 0.25) is 0 Å². The molecule has 1 amide bonds. The predicted octanol–water partition coefficient (Wildman–Crippen LogP) is 0.430. The average Bonchev–Trinajstić information content (AvgIpc) is 2.85. The average molecular weight is 162 g/mol. The van der Waals surface area contributed by atoms with Gasteiger partial charge in [-0.3, -0.25) is 4.79 Å². The van der Waals surface area contributed by atoms with Crippen LogP contribution >= 0.6 is 0 Å². The third-order valence-corrected chi connectivity index (χ3v) is 1.95. The van der Waals surface area contributed by atoms with E-state index >= 15 is 0 Å². The Morgan fingerprint density at radius 3 is 2.75 bits per heavy atom. The molecule has 1 fully saturated rings. The van der Waals surface area contributed by atoms with Gasteiger partial charge in [-0.25, -0.2) is 0 Å². The van der Waals surface area contributed by atoms with Gasteiger partial charge in [-0.2, -0.15) is 5.26 Å². The normalized spacial score (nSPS) is 17.2. The number of carbonyl (C=O) groups excluding carboxylic acids is 1. The molecule has 0 aliphatic heterocycles. The van der Waals surface area contributed by atoms with Crippen molar-refractivity contribution in [3.8, 4) is 18.4 Å². The number of nitrogens with one attached hydrogen (secondary N) is 1. The topological polar surface area (TPSA) is 52.9 Å². The second kappa shape index (κ2) is 3.28. The molecule has 0 radical (unpaired) electrons. The van der Waals surface area contributed by atoms with Gasteiger partial charge in [0.2, 0.25) is 5.91 Å². The lowest BCUT2D eigenvalue weighted by Crippen LogP contribution is -2.31. The Bertz CT molecular complexity index is 265. The highest BCUT2D eigenvalue weighted by atomic mass is 16.2. The Hall–Kier alpha value is -1.48. The number of hydrogen-bond acceptors (Lipinski definition) is 2. The number of carbonyl (C=O) groups is 1. The van der Waals surface area contributed by atoms with E-state index in [9.17, 15) is 4.79 Å². The van der Waals surface area contributed by atoms with Crippen molar-refractivity contribution in [1.29, 1.82) is 5.26 Å². The van der Waals surface area contributed by atoms with Crippen molar-refractivity contribution in [2.24, 2.45) is 5.41 Å². The second-order valence-electron chi connectivity index (χ2n) is 2.90. The summed E-state index contributed by atoms with van der Waals surface area (Å²) in [6.07, 6.45) is 6.90. The molecule has 1 rings (SSSR count). The van der Waals surface area contributed by atoms with Crippen LogP contribution in [0.1, 0.15) is 19.3 Å². The van der Waals surface area contributed by atoms with Gasteiger partial charge in [-0.1, -0.05) is 0 Å². The molecule has 1 N–H and O–H groups in total. The maximum Gasteiger partial charge on any atom is 0.240 e. The van der Waals surface area contributed by atoms with Crippen LogP contribution in [0.15, 0.2) is 0 Å². The third-order valence-electron chi connectivity index (χ3n) is 1.95. The van der Waals surface area contributed by atoms with Crippen LogP contribution in [-0.4, -0.2) is 12.5 Å². The fourth-order valence-corrected chi connectivity index (χ4v) is 0.932. The first kappa shape index (κ1) is 8.62. The Balaban J connectivity index is 2.31. The number of nitriles is 1. The summed E-state index contributed by atoms with van der Waals surface area (Å²) in [6, 6.07) is 2.02. The largest absolute Gasteiger partial charge is 0.354 e. The maximum absolute atomic E-state index is 11.2. The van der Waals surface area contributed by atoms with Crippen molar-refractivity contribution in [3.63, 3.8) is 0 Å². The van der Waals surface area contributed by atoms with E-state index in [1.54, 1.807) is 0 Å². The molecule has 0 unspecified atom stereocenters. The summed E-state index contributed by atoms with van der Waals surface area (Å²) in [5.74, 6) is 2.25. The molecular weight excluding hydrogens is 152 g/mol. The van der Waals surface area contributed by atoms with Crippen LogP contribution < -0.4 is 5.32 Å². The van der Waals surface area contributed by atoms with Gasteiger partial charge in [0.1, 0.15) is 5.41 Å². The van der Waals surface area contributed by atoms with Gasteiger partial charge in [0.05, 0.1) is 6.07 Å². The van der Waals surface area contributed by atoms with Gasteiger partial charge in [0.15, 0.2) is 0 Å². The summed E-state index contributed by atoms with van der Waals surface area (Å²) in [5.41, 5.74) is -0.714. The standard InChI is InChI=1S/C9H10N2O/c1-2-3-6-11-8(12)9(7-10)4-5-9/h1H,3-6H2,(H,11,12). The monoisotopic (exact) mass is 162 g/mol. The Morgan fingerprint density at radius 1 is 1.67 bits per heavy atom. The summed E-state index contributed by atoms with van der Waals surface area (Å²) in [6.45, 7) is 0.471. The lowest BCUT2D eigenvalue weighted by molar-refractivity contribution is -0.124. The molecule has 3 heteroatoms. The fraction of sp³-hybridized carbons (Fsp3) is 0.556. The quantitative estimate of drug-likeness (QED) is 0.483. The summed E-state index contributed by atoms with van der Waals surface area (Å²) >= 11 is 0. The number of terminal acetylenes is 1. The zero-order valence-electron chi connectivity index (χ0n) is 6.76. The minimum atomic E-state index is -0.714. The first-order valence-electron chi connectivity index (χ1n) is 3.88. The van der Waals surface area contributed by atoms with Crippen molar-refractivity contribution in [3.05, 3.63) is 0 Å². The van der Waals surface area contributed by atoms with E-state index in [2.05, 4.69) is 11.2 Å². The molecule has 1 saturated carbocycles. The zero-order valence-corrected chi connectivity index (χ0v) is 6.76. The second-order valence-corrected chi connectivity index (χ2v) is 2.90. The highest BCUT2D eigenvalue weighted by Gasteiger charge is 2.50. The summed E-state index contributed by atoms with van der Waals surface area (Å²) < 4.78 is 0. The molecule has 0 heterocycles. The van der Waals surface area contributed by atoms with E-state index in [0.717, 1.165) is 0 Å². The van der Waals surface area contributed by atoms with E-state index in [1.807, 2.05) is 6.07 Å². The molecule has 0 bridgehead atoms. The first-order chi connectivity index (χ1) is 5.75. The van der Waals surface area contributed by atoms with Crippen molar-refractivity contribution in [2.75, 3.05) is 6.54 Å². The van der Waals surface area contributed by atoms with Crippen LogP contribution in [0.3, 0.4) is 0 Å². The van der Waals surface area contributed by atoms with Gasteiger partial charge in [-0.15, -0.1) is 12.3 Å². The van der Waals surface area contributed by atoms with E-state index in [4.69, 9.17) is 11.7 Å². The van der Waals surface area contributed by atoms with Crippen molar-refractivity contribution < 1.29 is 4.79 Å². The third kappa shape index (κ3) is 1.57. The van der Waals surface area contributed by atoms with Crippen molar-refractivity contribution in [2.45, 2.75) is 19.3 Å². The van der Waals surface area contributed by atoms with Gasteiger partial charge in [0, 0.05) is 13.0 Å². The van der Waals surface area contributed by atoms with Crippen LogP contribution in [-0.2, 0) is 4.79 Å². The molecule has 0 aromatic carbocycles. The summed E-state index contributed by atoms with van der Waals surface area (Å²) in [7, 11) is 0. The molecule has 1 aliphatic carbocycles. The van der Waals surface area contributed by atoms with Crippen LogP contribution in [0.25, 0.3) is 0 Å². The number of nitrogens with zero attached hydrogens (tertiary/aromatic N) is 1. The van der Waals surface area contributed by atoms with Gasteiger partial charge >= 0.3 is 0 Å². The number of rotatable bonds is 3. The lowest BCUT2D eigenvalue weighted by Gasteiger charge is -2.05. The maximum atomic E-state index is 11.2. The van der Waals surface area contributed by atoms with Crippen molar-refractivity contribution >= 4 is 5.91 Å². The number of hydrogen-bond donors (Lipinski definition) is 1. The highest BCUT2D eigenvalue weighted by Crippen LogP contribution is 2.44. The molecule has 12 heavy (non-hydrogen) atoms. The van der Waals surface area contributed by atoms with Crippen LogP contribution in [0, 0.1) is 29.1 Å². The first-order valence-corrected chi connectivity index (χ1v) is 3.88. The zero-order chi connectivity index (χ0) is 9.03. The van der Waals surface area contributed by atoms with E-state index in [0.29, 0.717) is 25.8 Å². The summed E-state index contributed by atoms with van der Waals surface area (Å²) in [4.78, 5) is 11.2. The Kier molecular flexibility index (Phi) is 2.35. The van der Waals surface area contributed by atoms with Crippen LogP contribution in [0.4, 0.5) is 0 Å². The van der Waals surface area contributed by atoms with Gasteiger partial charge in [-0.05, 0) is 12.8 Å². The molecule has 0 saturated heterocycles. The molecular formula is C9H10N2O. The minimum absolute atomic E-state index is 0.166. The van der Waals surface area contributed by atoms with Crippen LogP contribution in [0.5, 0.6) is 0 Å². The molecule has 0 aromatic rings. The van der Waals surface area contributed by atoms with Gasteiger partial charge in [0.25, 0.3) is 0 Å². The van der Waals surface area contributed by atoms with E-state index in [-0.39, 0.29) is 5.91 Å². The minimum Gasteiger partial charge on any atom is -0.354 e. The molecule has 3 nitrogen and oxygen atoms in total. The highest BCUT2D eigenvalue weighted by molar-refractivity contribution is 5.88. The predicted molar refractivity (Wildman–Crippen MR) is 43.7 cm³/mol. The lowest BCUT2D eigenvalue weighted by atomic mass is 10.1. The van der Waals surface area contributed by atoms with E-state index in [1.165, 1.54) is 0 Å². The fourth-order valence-electron chi connectivity index (χ4n) is 0.932. The molecule has 0 spiro atoms. The van der Waals surface area contributed by atoms with Gasteiger partial charge < -0.3 is 5.32 Å². The SMILES string of the molecule is C#CCCNC(=O)C1(C#N)CC1. The van der Waals surface area contributed by atoms with E-state index < -0.39 is 5.41 Å². The molecule has 62 valence electrons. The smallest absolute Gasteiger partial charge is 0.240 e. The number of amides is 1. The Labute approximate surface area is 71.8 Å². The molecule has 0 aromatic heterocycles.